The summed E-state index contributed by atoms with van der Waals surface area (Å²) in [6, 6.07) is 3.30. The maximum Gasteiger partial charge on any atom is 0.211 e. The number of carbonyl (C=O) groups excluding carboxylic acids is 1. The van der Waals surface area contributed by atoms with Crippen LogP contribution < -0.4 is 10.5 Å². The van der Waals surface area contributed by atoms with E-state index in [4.69, 9.17) is 22.1 Å². The second-order valence-electron chi connectivity index (χ2n) is 3.77. The predicted octanol–water partition coefficient (Wildman–Crippen LogP) is 2.03. The second kappa shape index (κ2) is 2.23. The number of rotatable bonds is 0. The van der Waals surface area contributed by atoms with E-state index in [9.17, 15) is 4.79 Å². The van der Waals surface area contributed by atoms with Crippen molar-refractivity contribution in [2.75, 3.05) is 5.73 Å². The number of anilines is 1. The molecule has 1 saturated carbocycles. The Morgan fingerprint density at radius 3 is 2.71 bits per heavy atom. The average Bonchev–Trinajstić information content (AvgIpc) is 2.85. The van der Waals surface area contributed by atoms with Gasteiger partial charge in [0.15, 0.2) is 11.4 Å². The van der Waals surface area contributed by atoms with Gasteiger partial charge in [0.2, 0.25) is 5.78 Å². The van der Waals surface area contributed by atoms with Crippen molar-refractivity contribution >= 4 is 23.1 Å². The first-order chi connectivity index (χ1) is 6.64. The van der Waals surface area contributed by atoms with Gasteiger partial charge in [-0.2, -0.15) is 0 Å². The van der Waals surface area contributed by atoms with E-state index in [0.29, 0.717) is 22.0 Å². The predicted molar refractivity (Wildman–Crippen MR) is 52.8 cm³/mol. The molecule has 0 radical (unpaired) electrons. The highest BCUT2D eigenvalue weighted by Crippen LogP contribution is 2.53. The SMILES string of the molecule is Nc1ccc(Cl)c2c1OC1(CC1)C2=O. The molecule has 1 aromatic carbocycles. The van der Waals surface area contributed by atoms with Crippen molar-refractivity contribution in [2.45, 2.75) is 18.4 Å². The molecule has 1 aromatic rings. The van der Waals surface area contributed by atoms with Crippen molar-refractivity contribution in [1.82, 2.24) is 0 Å². The Hall–Kier alpha value is -1.22. The lowest BCUT2D eigenvalue weighted by molar-refractivity contribution is 0.0821. The number of ketones is 1. The van der Waals surface area contributed by atoms with Crippen molar-refractivity contribution < 1.29 is 9.53 Å². The van der Waals surface area contributed by atoms with Gasteiger partial charge in [-0.25, -0.2) is 0 Å². The average molecular weight is 210 g/mol. The molecular formula is C10H8ClNO2. The number of halogens is 1. The molecule has 2 aliphatic rings. The molecule has 0 unspecified atom stereocenters. The molecule has 1 heterocycles. The number of benzene rings is 1. The zero-order valence-electron chi connectivity index (χ0n) is 7.34. The maximum absolute atomic E-state index is 11.9. The first-order valence-corrected chi connectivity index (χ1v) is 4.84. The fourth-order valence-corrected chi connectivity index (χ4v) is 2.04. The van der Waals surface area contributed by atoms with Crippen LogP contribution >= 0.6 is 11.6 Å². The summed E-state index contributed by atoms with van der Waals surface area (Å²) in [7, 11) is 0. The summed E-state index contributed by atoms with van der Waals surface area (Å²) in [5, 5.41) is 0.433. The highest BCUT2D eigenvalue weighted by atomic mass is 35.5. The van der Waals surface area contributed by atoms with Crippen molar-refractivity contribution in [3.8, 4) is 5.75 Å². The van der Waals surface area contributed by atoms with E-state index in [1.54, 1.807) is 12.1 Å². The molecule has 1 aliphatic heterocycles. The minimum atomic E-state index is -0.610. The Morgan fingerprint density at radius 2 is 2.14 bits per heavy atom. The molecule has 0 saturated heterocycles. The molecule has 0 atom stereocenters. The Bertz CT molecular complexity index is 452. The molecule has 0 bridgehead atoms. The van der Waals surface area contributed by atoms with Gasteiger partial charge < -0.3 is 10.5 Å². The molecule has 3 nitrogen and oxygen atoms in total. The zero-order chi connectivity index (χ0) is 9.92. The number of hydrogen-bond donors (Lipinski definition) is 1. The molecule has 14 heavy (non-hydrogen) atoms. The number of nitrogens with two attached hydrogens (primary N) is 1. The maximum atomic E-state index is 11.9. The second-order valence-corrected chi connectivity index (χ2v) is 4.17. The summed E-state index contributed by atoms with van der Waals surface area (Å²) in [5.74, 6) is 0.463. The highest BCUT2D eigenvalue weighted by molar-refractivity contribution is 6.35. The van der Waals surface area contributed by atoms with E-state index in [1.165, 1.54) is 0 Å². The van der Waals surface area contributed by atoms with Gasteiger partial charge >= 0.3 is 0 Å². The van der Waals surface area contributed by atoms with Crippen molar-refractivity contribution in [3.05, 3.63) is 22.7 Å². The quantitative estimate of drug-likeness (QED) is 0.666. The fourth-order valence-electron chi connectivity index (χ4n) is 1.81. The third-order valence-corrected chi connectivity index (χ3v) is 3.09. The monoisotopic (exact) mass is 209 g/mol. The molecule has 1 fully saturated rings. The summed E-state index contributed by atoms with van der Waals surface area (Å²) in [4.78, 5) is 11.9. The van der Waals surface area contributed by atoms with E-state index in [1.807, 2.05) is 0 Å². The molecule has 72 valence electrons. The molecule has 2 N–H and O–H groups in total. The smallest absolute Gasteiger partial charge is 0.211 e. The highest BCUT2D eigenvalue weighted by Gasteiger charge is 2.58. The van der Waals surface area contributed by atoms with Crippen LogP contribution in [0.1, 0.15) is 23.2 Å². The Morgan fingerprint density at radius 1 is 1.43 bits per heavy atom. The van der Waals surface area contributed by atoms with Gasteiger partial charge in [0.1, 0.15) is 0 Å². The summed E-state index contributed by atoms with van der Waals surface area (Å²) in [6.07, 6.45) is 1.55. The van der Waals surface area contributed by atoms with Crippen LogP contribution in [0.4, 0.5) is 5.69 Å². The minimum Gasteiger partial charge on any atom is -0.476 e. The summed E-state index contributed by atoms with van der Waals surface area (Å²) in [5.41, 5.74) is 6.06. The topological polar surface area (TPSA) is 52.3 Å². The van der Waals surface area contributed by atoms with E-state index >= 15 is 0 Å². The van der Waals surface area contributed by atoms with Gasteiger partial charge in [0, 0.05) is 0 Å². The number of Topliss-reactive ketones (excluding diaryl/α,β-unsaturated/α-hetero) is 1. The van der Waals surface area contributed by atoms with Crippen molar-refractivity contribution in [1.29, 1.82) is 0 Å². The minimum absolute atomic E-state index is 0.00944. The van der Waals surface area contributed by atoms with Gasteiger partial charge in [0.25, 0.3) is 0 Å². The molecular weight excluding hydrogens is 202 g/mol. The standard InChI is InChI=1S/C10H8ClNO2/c11-5-1-2-6(12)8-7(5)9(13)10(14-8)3-4-10/h1-2H,3-4,12H2. The normalized spacial score (nSPS) is 20.8. The summed E-state index contributed by atoms with van der Waals surface area (Å²) < 4.78 is 5.57. The number of ether oxygens (including phenoxy) is 1. The van der Waals surface area contributed by atoms with Gasteiger partial charge in [0.05, 0.1) is 16.3 Å². The number of carbonyl (C=O) groups is 1. The van der Waals surface area contributed by atoms with Gasteiger partial charge in [-0.3, -0.25) is 4.79 Å². The number of fused-ring (bicyclic) bond motifs is 1. The number of hydrogen-bond acceptors (Lipinski definition) is 3. The lowest BCUT2D eigenvalue weighted by Crippen LogP contribution is -2.21. The van der Waals surface area contributed by atoms with Crippen LogP contribution in [0.3, 0.4) is 0 Å². The van der Waals surface area contributed by atoms with Gasteiger partial charge in [-0.1, -0.05) is 11.6 Å². The molecule has 4 heteroatoms. The van der Waals surface area contributed by atoms with Crippen LogP contribution in [-0.4, -0.2) is 11.4 Å². The molecule has 1 spiro atoms. The Balaban J connectivity index is 2.26. The molecule has 3 rings (SSSR count). The first-order valence-electron chi connectivity index (χ1n) is 4.46. The largest absolute Gasteiger partial charge is 0.476 e. The van der Waals surface area contributed by atoms with Gasteiger partial charge in [-0.05, 0) is 25.0 Å². The van der Waals surface area contributed by atoms with Crippen LogP contribution in [0.25, 0.3) is 0 Å². The van der Waals surface area contributed by atoms with Crippen LogP contribution in [-0.2, 0) is 0 Å². The molecule has 1 aliphatic carbocycles. The van der Waals surface area contributed by atoms with Crippen LogP contribution in [0.5, 0.6) is 5.75 Å². The lowest BCUT2D eigenvalue weighted by Gasteiger charge is -2.05. The third kappa shape index (κ3) is 0.805. The van der Waals surface area contributed by atoms with Crippen molar-refractivity contribution in [2.24, 2.45) is 0 Å². The van der Waals surface area contributed by atoms with Gasteiger partial charge in [-0.15, -0.1) is 0 Å². The van der Waals surface area contributed by atoms with E-state index in [2.05, 4.69) is 0 Å². The van der Waals surface area contributed by atoms with Crippen LogP contribution in [0.2, 0.25) is 5.02 Å². The van der Waals surface area contributed by atoms with E-state index < -0.39 is 5.60 Å². The zero-order valence-corrected chi connectivity index (χ0v) is 8.10. The van der Waals surface area contributed by atoms with Crippen LogP contribution in [0.15, 0.2) is 12.1 Å². The third-order valence-electron chi connectivity index (χ3n) is 2.78. The van der Waals surface area contributed by atoms with E-state index in [-0.39, 0.29) is 5.78 Å². The summed E-state index contributed by atoms with van der Waals surface area (Å²) in [6.45, 7) is 0. The van der Waals surface area contributed by atoms with Crippen molar-refractivity contribution in [3.63, 3.8) is 0 Å². The Kier molecular flexibility index (Phi) is 1.29. The molecule has 0 aromatic heterocycles. The lowest BCUT2D eigenvalue weighted by atomic mass is 10.1. The Labute approximate surface area is 85.8 Å². The van der Waals surface area contributed by atoms with E-state index in [0.717, 1.165) is 12.8 Å². The summed E-state index contributed by atoms with van der Waals surface area (Å²) >= 11 is 5.94. The molecule has 0 amide bonds. The van der Waals surface area contributed by atoms with Crippen LogP contribution in [0, 0.1) is 0 Å². The fraction of sp³-hybridized carbons (Fsp3) is 0.300. The first kappa shape index (κ1) is 8.12. The number of nitrogen functional groups attached to an aromatic ring is 1.